The lowest BCUT2D eigenvalue weighted by molar-refractivity contribution is 0.0950. The van der Waals surface area contributed by atoms with Gasteiger partial charge in [-0.2, -0.15) is 0 Å². The number of nitrogens with one attached hydrogen (secondary N) is 1. The number of aryl methyl sites for hydroxylation is 1. The van der Waals surface area contributed by atoms with E-state index in [-0.39, 0.29) is 11.4 Å². The monoisotopic (exact) mass is 408 g/mol. The molecule has 0 saturated carbocycles. The molecule has 0 spiro atoms. The maximum absolute atomic E-state index is 13.4. The zero-order chi connectivity index (χ0) is 20.4. The van der Waals surface area contributed by atoms with Gasteiger partial charge in [-0.1, -0.05) is 30.3 Å². The quantitative estimate of drug-likeness (QED) is 0.499. The number of halogens is 1. The van der Waals surface area contributed by atoms with Gasteiger partial charge in [-0.05, 0) is 31.2 Å². The number of thiazole rings is 1. The topological polar surface area (TPSA) is 72.2 Å². The minimum absolute atomic E-state index is 0.0230. The predicted octanol–water partition coefficient (Wildman–Crippen LogP) is 4.34. The van der Waals surface area contributed by atoms with Gasteiger partial charge >= 0.3 is 5.63 Å². The molecule has 0 aliphatic rings. The molecule has 0 aliphatic heterocycles. The molecule has 2 heterocycles. The van der Waals surface area contributed by atoms with Crippen molar-refractivity contribution in [2.24, 2.45) is 0 Å². The molecule has 1 amide bonds. The summed E-state index contributed by atoms with van der Waals surface area (Å²) in [5, 5.41) is 4.18. The molecule has 2 aromatic heterocycles. The first-order valence-electron chi connectivity index (χ1n) is 9.04. The molecule has 1 N–H and O–H groups in total. The number of nitrogens with zero attached hydrogens (tertiary/aromatic N) is 1. The Morgan fingerprint density at radius 1 is 1.17 bits per heavy atom. The Labute approximate surface area is 169 Å². The fourth-order valence-corrected chi connectivity index (χ4v) is 4.07. The van der Waals surface area contributed by atoms with Gasteiger partial charge in [0.25, 0.3) is 5.91 Å². The zero-order valence-electron chi connectivity index (χ0n) is 15.6. The number of para-hydroxylation sites is 1. The molecule has 2 aromatic carbocycles. The smallest absolute Gasteiger partial charge is 0.349 e. The Hall–Kier alpha value is -3.32. The number of aromatic nitrogens is 1. The zero-order valence-corrected chi connectivity index (χ0v) is 16.4. The highest BCUT2D eigenvalue weighted by atomic mass is 32.1. The van der Waals surface area contributed by atoms with Crippen molar-refractivity contribution >= 4 is 28.2 Å². The van der Waals surface area contributed by atoms with Gasteiger partial charge in [-0.3, -0.25) is 4.79 Å². The Balaban J connectivity index is 1.45. The molecule has 0 atom stereocenters. The Morgan fingerprint density at radius 3 is 2.83 bits per heavy atom. The fourth-order valence-electron chi connectivity index (χ4n) is 3.01. The number of carbonyl (C=O) groups is 1. The van der Waals surface area contributed by atoms with Crippen molar-refractivity contribution in [1.29, 1.82) is 0 Å². The van der Waals surface area contributed by atoms with E-state index in [0.29, 0.717) is 23.9 Å². The average molecular weight is 408 g/mol. The summed E-state index contributed by atoms with van der Waals surface area (Å²) in [6.45, 7) is 2.23. The first kappa shape index (κ1) is 19.0. The van der Waals surface area contributed by atoms with E-state index in [0.717, 1.165) is 21.1 Å². The summed E-state index contributed by atoms with van der Waals surface area (Å²) >= 11 is 1.46. The van der Waals surface area contributed by atoms with Crippen LogP contribution in [0.4, 0.5) is 4.39 Å². The Bertz CT molecular complexity index is 1260. The van der Waals surface area contributed by atoms with Gasteiger partial charge in [0, 0.05) is 28.8 Å². The van der Waals surface area contributed by atoms with Crippen LogP contribution >= 0.6 is 11.3 Å². The predicted molar refractivity (Wildman–Crippen MR) is 111 cm³/mol. The number of carbonyl (C=O) groups excluding carboxylic acids is 1. The van der Waals surface area contributed by atoms with Crippen LogP contribution in [0.1, 0.15) is 20.9 Å². The van der Waals surface area contributed by atoms with Gasteiger partial charge in [-0.15, -0.1) is 11.3 Å². The third-order valence-corrected chi connectivity index (χ3v) is 5.75. The van der Waals surface area contributed by atoms with E-state index in [9.17, 15) is 14.0 Å². The van der Waals surface area contributed by atoms with Crippen LogP contribution in [0.15, 0.2) is 63.8 Å². The maximum atomic E-state index is 13.4. The number of hydrogen-bond donors (Lipinski definition) is 1. The lowest BCUT2D eigenvalue weighted by Crippen LogP contribution is -2.29. The minimum Gasteiger partial charge on any atom is -0.422 e. The number of amides is 1. The van der Waals surface area contributed by atoms with Crippen LogP contribution in [-0.2, 0) is 6.42 Å². The minimum atomic E-state index is -0.663. The SMILES string of the molecule is Cc1nc(-c2cccc(F)c2)sc1CCNC(=O)c1cc2ccccc2oc1=O. The van der Waals surface area contributed by atoms with Crippen molar-refractivity contribution in [3.8, 4) is 10.6 Å². The lowest BCUT2D eigenvalue weighted by atomic mass is 10.2. The van der Waals surface area contributed by atoms with Crippen LogP contribution in [-0.4, -0.2) is 17.4 Å². The normalized spacial score (nSPS) is 11.0. The Morgan fingerprint density at radius 2 is 2.00 bits per heavy atom. The van der Waals surface area contributed by atoms with Crippen molar-refractivity contribution in [3.05, 3.63) is 87.0 Å². The molecule has 4 aromatic rings. The third kappa shape index (κ3) is 4.09. The average Bonchev–Trinajstić information content (AvgIpc) is 3.08. The van der Waals surface area contributed by atoms with E-state index in [1.54, 1.807) is 24.3 Å². The third-order valence-electron chi connectivity index (χ3n) is 4.49. The molecule has 0 aliphatic carbocycles. The molecule has 4 rings (SSSR count). The van der Waals surface area contributed by atoms with Gasteiger partial charge in [0.15, 0.2) is 0 Å². The second-order valence-corrected chi connectivity index (χ2v) is 7.61. The number of hydrogen-bond acceptors (Lipinski definition) is 5. The summed E-state index contributed by atoms with van der Waals surface area (Å²) in [4.78, 5) is 30.0. The summed E-state index contributed by atoms with van der Waals surface area (Å²) in [7, 11) is 0. The van der Waals surface area contributed by atoms with E-state index in [2.05, 4.69) is 10.3 Å². The van der Waals surface area contributed by atoms with Crippen molar-refractivity contribution in [1.82, 2.24) is 10.3 Å². The summed E-state index contributed by atoms with van der Waals surface area (Å²) in [5.74, 6) is -0.782. The lowest BCUT2D eigenvalue weighted by Gasteiger charge is -2.05. The first-order chi connectivity index (χ1) is 14.0. The number of benzene rings is 2. The van der Waals surface area contributed by atoms with Gasteiger partial charge in [0.05, 0.1) is 5.69 Å². The number of rotatable bonds is 5. The van der Waals surface area contributed by atoms with E-state index in [1.165, 1.54) is 29.5 Å². The highest BCUT2D eigenvalue weighted by Gasteiger charge is 2.14. The summed E-state index contributed by atoms with van der Waals surface area (Å²) in [6.07, 6.45) is 0.559. The summed E-state index contributed by atoms with van der Waals surface area (Å²) in [6, 6.07) is 14.9. The van der Waals surface area contributed by atoms with E-state index in [4.69, 9.17) is 4.42 Å². The van der Waals surface area contributed by atoms with Crippen LogP contribution in [0.5, 0.6) is 0 Å². The molecule has 0 saturated heterocycles. The van der Waals surface area contributed by atoms with Crippen LogP contribution in [0.3, 0.4) is 0 Å². The Kier molecular flexibility index (Phi) is 5.22. The van der Waals surface area contributed by atoms with Crippen LogP contribution < -0.4 is 10.9 Å². The highest BCUT2D eigenvalue weighted by molar-refractivity contribution is 7.15. The van der Waals surface area contributed by atoms with E-state index < -0.39 is 11.5 Å². The largest absolute Gasteiger partial charge is 0.422 e. The van der Waals surface area contributed by atoms with Crippen LogP contribution in [0.25, 0.3) is 21.5 Å². The fraction of sp³-hybridized carbons (Fsp3) is 0.136. The standard InChI is InChI=1S/C22H17FN2O3S/c1-13-19(29-21(25-13)15-6-4-7-16(23)11-15)9-10-24-20(26)17-12-14-5-2-3-8-18(14)28-22(17)27/h2-8,11-12H,9-10H2,1H3,(H,24,26). The molecule has 0 fully saturated rings. The van der Waals surface area contributed by atoms with Crippen molar-refractivity contribution in [2.45, 2.75) is 13.3 Å². The van der Waals surface area contributed by atoms with Crippen LogP contribution in [0.2, 0.25) is 0 Å². The second-order valence-electron chi connectivity index (χ2n) is 6.53. The van der Waals surface area contributed by atoms with E-state index >= 15 is 0 Å². The molecule has 5 nitrogen and oxygen atoms in total. The number of fused-ring (bicyclic) bond motifs is 1. The second kappa shape index (κ2) is 7.97. The highest BCUT2D eigenvalue weighted by Crippen LogP contribution is 2.28. The first-order valence-corrected chi connectivity index (χ1v) is 9.86. The molecule has 0 unspecified atom stereocenters. The molecule has 146 valence electrons. The molecular weight excluding hydrogens is 391 g/mol. The van der Waals surface area contributed by atoms with Gasteiger partial charge < -0.3 is 9.73 Å². The molecule has 0 bridgehead atoms. The maximum Gasteiger partial charge on any atom is 0.349 e. The summed E-state index contributed by atoms with van der Waals surface area (Å²) < 4.78 is 18.6. The molecular formula is C22H17FN2O3S. The van der Waals surface area contributed by atoms with Crippen molar-refractivity contribution in [2.75, 3.05) is 6.54 Å². The van der Waals surface area contributed by atoms with Crippen molar-refractivity contribution < 1.29 is 13.6 Å². The summed E-state index contributed by atoms with van der Waals surface area (Å²) in [5.41, 5.74) is 1.32. The molecule has 0 radical (unpaired) electrons. The van der Waals surface area contributed by atoms with Gasteiger partial charge in [0.1, 0.15) is 22.0 Å². The van der Waals surface area contributed by atoms with E-state index in [1.807, 2.05) is 19.1 Å². The molecule has 29 heavy (non-hydrogen) atoms. The van der Waals surface area contributed by atoms with Gasteiger partial charge in [0.2, 0.25) is 0 Å². The molecule has 7 heteroatoms. The van der Waals surface area contributed by atoms with Crippen LogP contribution in [0, 0.1) is 12.7 Å². The van der Waals surface area contributed by atoms with Gasteiger partial charge in [-0.25, -0.2) is 14.2 Å². The van der Waals surface area contributed by atoms with Crippen molar-refractivity contribution in [3.63, 3.8) is 0 Å².